The summed E-state index contributed by atoms with van der Waals surface area (Å²) in [6.07, 6.45) is 5.94. The Labute approximate surface area is 67.9 Å². The lowest BCUT2D eigenvalue weighted by molar-refractivity contribution is -0.113. The van der Waals surface area contributed by atoms with E-state index < -0.39 is 0 Å². The quantitative estimate of drug-likeness (QED) is 0.610. The molecule has 12 heavy (non-hydrogen) atoms. The third-order valence-corrected chi connectivity index (χ3v) is 1.34. The van der Waals surface area contributed by atoms with Gasteiger partial charge >= 0.3 is 0 Å². The number of nitrogens with zero attached hydrogens (tertiary/aromatic N) is 4. The van der Waals surface area contributed by atoms with E-state index in [2.05, 4.69) is 20.2 Å². The highest BCUT2D eigenvalue weighted by Gasteiger charge is 2.10. The van der Waals surface area contributed by atoms with E-state index in [0.29, 0.717) is 11.4 Å². The van der Waals surface area contributed by atoms with Crippen LogP contribution in [-0.4, -0.2) is 15.9 Å². The van der Waals surface area contributed by atoms with Gasteiger partial charge in [-0.05, 0) is 0 Å². The fraction of sp³-hybridized carbons (Fsp3) is 0. The number of carbonyl (C=O) groups excluding carboxylic acids is 1. The average Bonchev–Trinajstić information content (AvgIpc) is 2.54. The van der Waals surface area contributed by atoms with Crippen molar-refractivity contribution in [1.29, 1.82) is 0 Å². The van der Waals surface area contributed by atoms with Crippen LogP contribution in [-0.2, 0) is 4.79 Å². The van der Waals surface area contributed by atoms with Gasteiger partial charge in [-0.15, -0.1) is 10.2 Å². The number of azo groups is 1. The van der Waals surface area contributed by atoms with Crippen LogP contribution in [0.1, 0.15) is 5.69 Å². The molecule has 0 radical (unpaired) electrons. The van der Waals surface area contributed by atoms with Crippen LogP contribution < -0.4 is 0 Å². The molecule has 0 saturated heterocycles. The molecule has 0 aromatic carbocycles. The maximum absolute atomic E-state index is 10.6. The number of amides is 1. The molecule has 1 aromatic rings. The van der Waals surface area contributed by atoms with Gasteiger partial charge in [-0.25, -0.2) is 0 Å². The molecule has 1 aliphatic heterocycles. The highest BCUT2D eigenvalue weighted by atomic mass is 16.1. The predicted octanol–water partition coefficient (Wildman–Crippen LogP) is 0.810. The summed E-state index contributed by atoms with van der Waals surface area (Å²) < 4.78 is 0. The van der Waals surface area contributed by atoms with Crippen molar-refractivity contribution in [3.05, 3.63) is 30.4 Å². The molecular weight excluding hydrogens is 156 g/mol. The Morgan fingerprint density at radius 2 is 2.08 bits per heavy atom. The normalized spacial score (nSPS) is 15.0. The van der Waals surface area contributed by atoms with Crippen LogP contribution in [0.3, 0.4) is 0 Å². The van der Waals surface area contributed by atoms with Crippen LogP contribution >= 0.6 is 0 Å². The first-order valence-electron chi connectivity index (χ1n) is 3.30. The average molecular weight is 160 g/mol. The second-order valence-electron chi connectivity index (χ2n) is 2.16. The molecule has 2 rings (SSSR count). The van der Waals surface area contributed by atoms with E-state index in [1.54, 1.807) is 6.20 Å². The lowest BCUT2D eigenvalue weighted by atomic mass is 10.3. The van der Waals surface area contributed by atoms with E-state index in [0.717, 1.165) is 0 Å². The summed E-state index contributed by atoms with van der Waals surface area (Å²) in [7, 11) is 0. The van der Waals surface area contributed by atoms with E-state index in [-0.39, 0.29) is 5.91 Å². The molecule has 0 bridgehead atoms. The summed E-state index contributed by atoms with van der Waals surface area (Å²) >= 11 is 0. The van der Waals surface area contributed by atoms with Crippen molar-refractivity contribution in [3.63, 3.8) is 0 Å². The topological polar surface area (TPSA) is 67.6 Å². The van der Waals surface area contributed by atoms with Crippen molar-refractivity contribution in [2.75, 3.05) is 0 Å². The summed E-state index contributed by atoms with van der Waals surface area (Å²) in [4.78, 5) is 18.4. The van der Waals surface area contributed by atoms with Crippen molar-refractivity contribution in [2.45, 2.75) is 0 Å². The second-order valence-corrected chi connectivity index (χ2v) is 2.16. The zero-order chi connectivity index (χ0) is 8.39. The predicted molar refractivity (Wildman–Crippen MR) is 39.9 cm³/mol. The van der Waals surface area contributed by atoms with E-state index in [9.17, 15) is 4.79 Å². The fourth-order valence-corrected chi connectivity index (χ4v) is 0.834. The van der Waals surface area contributed by atoms with Crippen LogP contribution in [0, 0.1) is 0 Å². The van der Waals surface area contributed by atoms with Crippen molar-refractivity contribution in [2.24, 2.45) is 10.2 Å². The smallest absolute Gasteiger partial charge is 0.266 e. The molecule has 5 heteroatoms. The minimum absolute atomic E-state index is 0.351. The van der Waals surface area contributed by atoms with Gasteiger partial charge in [-0.3, -0.25) is 14.8 Å². The third-order valence-electron chi connectivity index (χ3n) is 1.34. The maximum Gasteiger partial charge on any atom is 0.290 e. The Hall–Kier alpha value is -1.91. The molecule has 5 nitrogen and oxygen atoms in total. The minimum Gasteiger partial charge on any atom is -0.266 e. The second kappa shape index (κ2) is 2.61. The molecule has 0 unspecified atom stereocenters. The van der Waals surface area contributed by atoms with Gasteiger partial charge in [0.2, 0.25) is 0 Å². The Morgan fingerprint density at radius 1 is 1.17 bits per heavy atom. The van der Waals surface area contributed by atoms with Crippen LogP contribution in [0.25, 0.3) is 5.70 Å². The Balaban J connectivity index is 2.40. The molecule has 0 spiro atoms. The van der Waals surface area contributed by atoms with Gasteiger partial charge in [0.25, 0.3) is 5.91 Å². The van der Waals surface area contributed by atoms with Crippen LogP contribution in [0.4, 0.5) is 0 Å². The van der Waals surface area contributed by atoms with Gasteiger partial charge in [0.15, 0.2) is 0 Å². The van der Waals surface area contributed by atoms with Gasteiger partial charge in [0.1, 0.15) is 11.4 Å². The van der Waals surface area contributed by atoms with Crippen LogP contribution in [0.5, 0.6) is 0 Å². The summed E-state index contributed by atoms with van der Waals surface area (Å²) in [6, 6.07) is 0. The summed E-state index contributed by atoms with van der Waals surface area (Å²) in [5.41, 5.74) is 1.03. The molecule has 0 atom stereocenters. The molecule has 0 aliphatic carbocycles. The zero-order valence-corrected chi connectivity index (χ0v) is 6.01. The first-order valence-corrected chi connectivity index (χ1v) is 3.30. The van der Waals surface area contributed by atoms with Crippen LogP contribution in [0.2, 0.25) is 0 Å². The first kappa shape index (κ1) is 6.78. The molecule has 2 heterocycles. The number of rotatable bonds is 1. The molecular formula is C7H4N4O. The van der Waals surface area contributed by atoms with Crippen molar-refractivity contribution in [1.82, 2.24) is 9.97 Å². The Kier molecular flexibility index (Phi) is 1.48. The number of hydrogen-bond donors (Lipinski definition) is 0. The van der Waals surface area contributed by atoms with Gasteiger partial charge in [-0.1, -0.05) is 0 Å². The largest absolute Gasteiger partial charge is 0.290 e. The number of aromatic nitrogens is 2. The van der Waals surface area contributed by atoms with Gasteiger partial charge in [0.05, 0.1) is 6.20 Å². The highest BCUT2D eigenvalue weighted by Crippen LogP contribution is 2.16. The van der Waals surface area contributed by atoms with E-state index in [4.69, 9.17) is 0 Å². The summed E-state index contributed by atoms with van der Waals surface area (Å²) in [6.45, 7) is 0. The summed E-state index contributed by atoms with van der Waals surface area (Å²) in [5, 5.41) is 6.94. The lowest BCUT2D eigenvalue weighted by Gasteiger charge is -1.91. The van der Waals surface area contributed by atoms with Crippen molar-refractivity contribution >= 4 is 11.6 Å². The molecule has 0 fully saturated rings. The van der Waals surface area contributed by atoms with E-state index in [1.165, 1.54) is 18.5 Å². The van der Waals surface area contributed by atoms with Gasteiger partial charge in [-0.2, -0.15) is 0 Å². The minimum atomic E-state index is -0.351. The SMILES string of the molecule is O=C1C=C(c2cnccn2)N=N1. The third kappa shape index (κ3) is 1.12. The highest BCUT2D eigenvalue weighted by molar-refractivity contribution is 5.97. The molecule has 0 saturated carbocycles. The standard InChI is InChI=1S/C7H4N4O/c12-7-3-5(10-11-7)6-4-8-1-2-9-6/h1-4H. The first-order chi connectivity index (χ1) is 5.86. The maximum atomic E-state index is 10.6. The lowest BCUT2D eigenvalue weighted by Crippen LogP contribution is -1.86. The Morgan fingerprint density at radius 3 is 2.67 bits per heavy atom. The van der Waals surface area contributed by atoms with E-state index in [1.807, 2.05) is 0 Å². The number of carbonyl (C=O) groups is 1. The molecule has 1 aromatic heterocycles. The molecule has 0 N–H and O–H groups in total. The number of hydrogen-bond acceptors (Lipinski definition) is 4. The zero-order valence-electron chi connectivity index (χ0n) is 6.01. The van der Waals surface area contributed by atoms with Crippen molar-refractivity contribution < 1.29 is 4.79 Å². The Bertz CT molecular complexity index is 368. The molecule has 1 amide bonds. The van der Waals surface area contributed by atoms with Crippen LogP contribution in [0.15, 0.2) is 34.9 Å². The monoisotopic (exact) mass is 160 g/mol. The fourth-order valence-electron chi connectivity index (χ4n) is 0.834. The van der Waals surface area contributed by atoms with Gasteiger partial charge < -0.3 is 0 Å². The summed E-state index contributed by atoms with van der Waals surface area (Å²) in [5.74, 6) is -0.351. The molecule has 58 valence electrons. The van der Waals surface area contributed by atoms with E-state index >= 15 is 0 Å². The van der Waals surface area contributed by atoms with Crippen molar-refractivity contribution in [3.8, 4) is 0 Å². The van der Waals surface area contributed by atoms with Gasteiger partial charge in [0, 0.05) is 18.5 Å². The molecule has 1 aliphatic rings.